The van der Waals surface area contributed by atoms with Gasteiger partial charge in [0.2, 0.25) is 23.5 Å². The third-order valence-electron chi connectivity index (χ3n) is 9.91. The van der Waals surface area contributed by atoms with Crippen molar-refractivity contribution >= 4 is 41.5 Å². The van der Waals surface area contributed by atoms with Crippen LogP contribution in [0.3, 0.4) is 0 Å². The minimum Gasteiger partial charge on any atom is -0.346 e. The van der Waals surface area contributed by atoms with Crippen molar-refractivity contribution in [3.05, 3.63) is 12.7 Å². The number of hydrogen-bond donors (Lipinski definition) is 5. The van der Waals surface area contributed by atoms with Gasteiger partial charge in [0, 0.05) is 13.1 Å². The maximum absolute atomic E-state index is 14.3. The van der Waals surface area contributed by atoms with E-state index in [1.807, 2.05) is 41.5 Å². The van der Waals surface area contributed by atoms with Crippen molar-refractivity contribution in [3.63, 3.8) is 0 Å². The number of unbranched alkanes of at least 4 members (excludes halogenated alkanes) is 1. The van der Waals surface area contributed by atoms with Gasteiger partial charge < -0.3 is 31.5 Å². The molecule has 2 saturated heterocycles. The molecule has 1 saturated carbocycles. The lowest BCUT2D eigenvalue weighted by Gasteiger charge is -2.39. The summed E-state index contributed by atoms with van der Waals surface area (Å²) in [7, 11) is 0. The van der Waals surface area contributed by atoms with E-state index in [1.54, 1.807) is 20.8 Å². The zero-order valence-corrected chi connectivity index (χ0v) is 30.0. The molecule has 5 N–H and O–H groups in total. The van der Waals surface area contributed by atoms with Crippen LogP contribution in [-0.2, 0) is 24.0 Å². The zero-order valence-electron chi connectivity index (χ0n) is 30.0. The highest BCUT2D eigenvalue weighted by atomic mass is 16.2. The Morgan fingerprint density at radius 2 is 1.67 bits per heavy atom. The third kappa shape index (κ3) is 8.54. The minimum absolute atomic E-state index is 0.0433. The molecule has 0 bridgehead atoms. The van der Waals surface area contributed by atoms with Crippen LogP contribution in [0, 0.1) is 28.1 Å². The van der Waals surface area contributed by atoms with Crippen LogP contribution in [0.4, 0.5) is 9.59 Å². The van der Waals surface area contributed by atoms with E-state index in [0.717, 1.165) is 11.3 Å². The Morgan fingerprint density at radius 3 is 2.19 bits per heavy atom. The van der Waals surface area contributed by atoms with Crippen LogP contribution >= 0.6 is 0 Å². The molecule has 48 heavy (non-hydrogen) atoms. The fraction of sp³-hybridized carbons (Fsp3) is 0.735. The standard InChI is InChI=1S/C34H55N7O7/c1-11-13-14-20(25(43)28(45)35-15-12-2)37-27(44)24-23-19(34(23,9)10)17-41(24)29(46)26(33(6,7)8)39-30(47)38-21(32(3,4)5)18-40-22(42)16-36-31(40)48/h12,19-21,23-24,26H,2,11,13-18H2,1,3-10H3,(H,35,45)(H,36,48)(H,37,44)(H2,38,39,47)/t19-,20?,21+,23-,24-,26+/m0/s1. The minimum atomic E-state index is -1.05. The first-order valence-electron chi connectivity index (χ1n) is 16.9. The maximum atomic E-state index is 14.3. The van der Waals surface area contributed by atoms with E-state index in [9.17, 15) is 33.6 Å². The SMILES string of the molecule is C=CCNC(=O)C(=O)C(CCCC)NC(=O)[C@@H]1[C@@H]2[C@H](CN1C(=O)[C@@H](NC(=O)N[C@H](CN1C(=O)CNC1=O)C(C)(C)C)C(C)(C)C)C2(C)C. The number of ketones is 1. The zero-order chi connectivity index (χ0) is 36.4. The molecule has 8 amide bonds. The monoisotopic (exact) mass is 673 g/mol. The summed E-state index contributed by atoms with van der Waals surface area (Å²) in [5, 5.41) is 13.4. The maximum Gasteiger partial charge on any atom is 0.324 e. The molecule has 3 rings (SSSR count). The van der Waals surface area contributed by atoms with Gasteiger partial charge in [0.25, 0.3) is 5.91 Å². The van der Waals surface area contributed by atoms with Gasteiger partial charge in [-0.25, -0.2) is 9.59 Å². The van der Waals surface area contributed by atoms with Gasteiger partial charge in [-0.1, -0.05) is 81.2 Å². The number of hydrogen-bond acceptors (Lipinski definition) is 7. The predicted molar refractivity (Wildman–Crippen MR) is 179 cm³/mol. The molecular formula is C34H55N7O7. The van der Waals surface area contributed by atoms with Gasteiger partial charge in [-0.2, -0.15) is 0 Å². The molecule has 3 fully saturated rings. The largest absolute Gasteiger partial charge is 0.346 e. The van der Waals surface area contributed by atoms with Gasteiger partial charge in [-0.3, -0.25) is 28.9 Å². The highest BCUT2D eigenvalue weighted by molar-refractivity contribution is 6.38. The molecule has 0 radical (unpaired) electrons. The van der Waals surface area contributed by atoms with Crippen LogP contribution < -0.4 is 26.6 Å². The van der Waals surface area contributed by atoms with Crippen LogP contribution in [0.5, 0.6) is 0 Å². The predicted octanol–water partition coefficient (Wildman–Crippen LogP) is 1.70. The van der Waals surface area contributed by atoms with Gasteiger partial charge in [0.15, 0.2) is 0 Å². The van der Waals surface area contributed by atoms with Crippen LogP contribution in [-0.4, -0.2) is 102 Å². The van der Waals surface area contributed by atoms with Gasteiger partial charge in [0.1, 0.15) is 12.1 Å². The molecule has 0 aromatic carbocycles. The quantitative estimate of drug-likeness (QED) is 0.105. The van der Waals surface area contributed by atoms with E-state index in [0.29, 0.717) is 13.0 Å². The van der Waals surface area contributed by atoms with Crippen molar-refractivity contribution in [1.82, 2.24) is 36.4 Å². The molecular weight excluding hydrogens is 618 g/mol. The lowest BCUT2D eigenvalue weighted by molar-refractivity contribution is -0.145. The second-order valence-electron chi connectivity index (χ2n) is 16.0. The lowest BCUT2D eigenvalue weighted by Crippen LogP contribution is -2.63. The Bertz CT molecular complexity index is 1300. The molecule has 0 spiro atoms. The summed E-state index contributed by atoms with van der Waals surface area (Å²) >= 11 is 0. The Morgan fingerprint density at radius 1 is 1.02 bits per heavy atom. The Balaban J connectivity index is 1.83. The topological polar surface area (TPSA) is 186 Å². The Hall–Kier alpha value is -3.97. The summed E-state index contributed by atoms with van der Waals surface area (Å²) in [4.78, 5) is 94.5. The van der Waals surface area contributed by atoms with Crippen molar-refractivity contribution in [2.75, 3.05) is 26.2 Å². The number of Topliss-reactive ketones (excluding diaryl/α,β-unsaturated/α-hetero) is 1. The van der Waals surface area contributed by atoms with E-state index in [-0.39, 0.29) is 43.3 Å². The molecule has 2 heterocycles. The molecule has 14 heteroatoms. The average molecular weight is 674 g/mol. The fourth-order valence-electron chi connectivity index (χ4n) is 6.66. The fourth-order valence-corrected chi connectivity index (χ4v) is 6.66. The summed E-state index contributed by atoms with van der Waals surface area (Å²) in [5.41, 5.74) is -1.55. The van der Waals surface area contributed by atoms with Crippen LogP contribution in [0.25, 0.3) is 0 Å². The molecule has 2 aliphatic heterocycles. The van der Waals surface area contributed by atoms with E-state index in [2.05, 4.69) is 33.2 Å². The first-order valence-corrected chi connectivity index (χ1v) is 16.9. The first kappa shape index (κ1) is 38.5. The summed E-state index contributed by atoms with van der Waals surface area (Å²) in [6.45, 7) is 20.8. The average Bonchev–Trinajstić information content (AvgIpc) is 3.27. The molecule has 1 unspecified atom stereocenters. The molecule has 3 aliphatic rings. The van der Waals surface area contributed by atoms with Crippen molar-refractivity contribution in [3.8, 4) is 0 Å². The van der Waals surface area contributed by atoms with Gasteiger partial charge in [0.05, 0.1) is 25.2 Å². The third-order valence-corrected chi connectivity index (χ3v) is 9.91. The summed E-state index contributed by atoms with van der Waals surface area (Å²) in [6.07, 6.45) is 3.08. The molecule has 14 nitrogen and oxygen atoms in total. The van der Waals surface area contributed by atoms with E-state index < -0.39 is 76.5 Å². The number of fused-ring (bicyclic) bond motifs is 1. The normalized spacial score (nSPS) is 23.3. The number of carbonyl (C=O) groups is 7. The molecule has 6 atom stereocenters. The first-order chi connectivity index (χ1) is 22.2. The second kappa shape index (κ2) is 14.7. The van der Waals surface area contributed by atoms with Crippen LogP contribution in [0.15, 0.2) is 12.7 Å². The summed E-state index contributed by atoms with van der Waals surface area (Å²) in [6, 6.07) is -4.83. The molecule has 0 aromatic rings. The summed E-state index contributed by atoms with van der Waals surface area (Å²) < 4.78 is 0. The number of carbonyl (C=O) groups excluding carboxylic acids is 7. The number of urea groups is 2. The number of imide groups is 1. The van der Waals surface area contributed by atoms with Gasteiger partial charge in [-0.15, -0.1) is 6.58 Å². The number of likely N-dealkylation sites (tertiary alicyclic amines) is 1. The van der Waals surface area contributed by atoms with E-state index in [4.69, 9.17) is 0 Å². The Kier molecular flexibility index (Phi) is 11.7. The van der Waals surface area contributed by atoms with Crippen molar-refractivity contribution in [1.29, 1.82) is 0 Å². The Labute approximate surface area is 283 Å². The number of amides is 8. The van der Waals surface area contributed by atoms with Gasteiger partial charge >= 0.3 is 12.1 Å². The van der Waals surface area contributed by atoms with E-state index >= 15 is 0 Å². The van der Waals surface area contributed by atoms with Crippen molar-refractivity contribution in [2.45, 2.75) is 106 Å². The molecule has 0 aromatic heterocycles. The number of nitrogens with one attached hydrogen (secondary N) is 5. The highest BCUT2D eigenvalue weighted by Crippen LogP contribution is 2.65. The van der Waals surface area contributed by atoms with Crippen LogP contribution in [0.1, 0.15) is 81.6 Å². The molecule has 268 valence electrons. The molecule has 1 aliphatic carbocycles. The van der Waals surface area contributed by atoms with E-state index in [1.165, 1.54) is 11.0 Å². The number of piperidine rings is 1. The summed E-state index contributed by atoms with van der Waals surface area (Å²) in [5.74, 6) is -3.04. The second-order valence-corrected chi connectivity index (χ2v) is 16.0. The van der Waals surface area contributed by atoms with Crippen LogP contribution in [0.2, 0.25) is 0 Å². The number of rotatable bonds is 14. The van der Waals surface area contributed by atoms with Crippen molar-refractivity contribution < 1.29 is 33.6 Å². The highest BCUT2D eigenvalue weighted by Gasteiger charge is 2.70. The van der Waals surface area contributed by atoms with Crippen molar-refractivity contribution in [2.24, 2.45) is 28.1 Å². The number of nitrogens with zero attached hydrogens (tertiary/aromatic N) is 2. The smallest absolute Gasteiger partial charge is 0.324 e. The van der Waals surface area contributed by atoms with Gasteiger partial charge in [-0.05, 0) is 34.5 Å². The lowest BCUT2D eigenvalue weighted by atomic mass is 9.85.